The molecule has 0 saturated heterocycles. The molecule has 0 fully saturated rings. The number of anilines is 1. The maximum Gasteiger partial charge on any atom is 0.242 e. The molecule has 0 bridgehead atoms. The highest BCUT2D eigenvalue weighted by atomic mass is 32.2. The van der Waals surface area contributed by atoms with Crippen molar-refractivity contribution in [3.63, 3.8) is 0 Å². The minimum Gasteiger partial charge on any atom is -0.378 e. The second kappa shape index (κ2) is 6.17. The van der Waals surface area contributed by atoms with E-state index in [0.717, 1.165) is 5.69 Å². The summed E-state index contributed by atoms with van der Waals surface area (Å²) in [5.74, 6) is 0. The van der Waals surface area contributed by atoms with Crippen molar-refractivity contribution < 1.29 is 8.42 Å². The van der Waals surface area contributed by atoms with Gasteiger partial charge in [-0.25, -0.2) is 12.7 Å². The van der Waals surface area contributed by atoms with Gasteiger partial charge in [0.2, 0.25) is 10.0 Å². The molecule has 0 aliphatic carbocycles. The van der Waals surface area contributed by atoms with Crippen LogP contribution in [0, 0.1) is 6.92 Å². The third-order valence-electron chi connectivity index (χ3n) is 3.29. The van der Waals surface area contributed by atoms with Crippen LogP contribution in [-0.4, -0.2) is 26.8 Å². The van der Waals surface area contributed by atoms with Crippen LogP contribution in [0.4, 0.5) is 5.69 Å². The maximum atomic E-state index is 12.2. The average molecular weight is 324 g/mol. The summed E-state index contributed by atoms with van der Waals surface area (Å²) in [5, 5.41) is 5.43. The van der Waals surface area contributed by atoms with E-state index in [4.69, 9.17) is 0 Å². The lowest BCUT2D eigenvalue weighted by Crippen LogP contribution is -2.22. The molecule has 1 heterocycles. The number of nitrogens with zero attached hydrogens (tertiary/aromatic N) is 1. The molecule has 0 saturated carbocycles. The van der Waals surface area contributed by atoms with Gasteiger partial charge in [0, 0.05) is 24.7 Å². The second-order valence-corrected chi connectivity index (χ2v) is 8.25. The fraction of sp³-hybridized carbons (Fsp3) is 0.333. The van der Waals surface area contributed by atoms with E-state index < -0.39 is 10.0 Å². The van der Waals surface area contributed by atoms with Gasteiger partial charge < -0.3 is 5.32 Å². The summed E-state index contributed by atoms with van der Waals surface area (Å²) in [4.78, 5) is 1.56. The Hall–Kier alpha value is -1.37. The highest BCUT2D eigenvalue weighted by Gasteiger charge is 2.18. The summed E-state index contributed by atoms with van der Waals surface area (Å²) in [6.45, 7) is 4.16. The van der Waals surface area contributed by atoms with E-state index in [2.05, 4.69) is 30.6 Å². The van der Waals surface area contributed by atoms with Crippen molar-refractivity contribution in [1.29, 1.82) is 0 Å². The van der Waals surface area contributed by atoms with Crippen molar-refractivity contribution in [3.8, 4) is 0 Å². The third kappa shape index (κ3) is 3.45. The van der Waals surface area contributed by atoms with Gasteiger partial charge in [-0.15, -0.1) is 11.3 Å². The number of benzene rings is 1. The number of hydrogen-bond donors (Lipinski definition) is 1. The van der Waals surface area contributed by atoms with Crippen molar-refractivity contribution in [2.24, 2.45) is 0 Å². The Morgan fingerprint density at radius 2 is 1.95 bits per heavy atom. The van der Waals surface area contributed by atoms with Crippen LogP contribution in [-0.2, 0) is 10.0 Å². The van der Waals surface area contributed by atoms with Crippen LogP contribution < -0.4 is 5.32 Å². The average Bonchev–Trinajstić information content (AvgIpc) is 2.85. The van der Waals surface area contributed by atoms with Gasteiger partial charge in [0.15, 0.2) is 0 Å². The number of nitrogens with one attached hydrogen (secondary N) is 1. The van der Waals surface area contributed by atoms with Crippen molar-refractivity contribution >= 4 is 27.0 Å². The lowest BCUT2D eigenvalue weighted by Gasteiger charge is -2.17. The first kappa shape index (κ1) is 16.0. The molecule has 0 radical (unpaired) electrons. The van der Waals surface area contributed by atoms with E-state index in [1.807, 2.05) is 6.07 Å². The lowest BCUT2D eigenvalue weighted by atomic mass is 10.2. The van der Waals surface area contributed by atoms with Gasteiger partial charge in [-0.05, 0) is 49.1 Å². The van der Waals surface area contributed by atoms with Gasteiger partial charge in [0.05, 0.1) is 10.9 Å². The standard InChI is InChI=1S/C15H20N2O2S2/c1-11-8-9-20-15(11)12(2)16-13-6-5-7-14(10-13)21(18,19)17(3)4/h5-10,12,16H,1-4H3. The number of rotatable bonds is 5. The molecule has 2 aromatic rings. The van der Waals surface area contributed by atoms with Crippen LogP contribution in [0.2, 0.25) is 0 Å². The van der Waals surface area contributed by atoms with Gasteiger partial charge in [0.1, 0.15) is 0 Å². The smallest absolute Gasteiger partial charge is 0.242 e. The zero-order chi connectivity index (χ0) is 15.6. The number of sulfonamides is 1. The Kier molecular flexibility index (Phi) is 4.70. The zero-order valence-corrected chi connectivity index (χ0v) is 14.3. The Morgan fingerprint density at radius 1 is 1.24 bits per heavy atom. The van der Waals surface area contributed by atoms with Crippen molar-refractivity contribution in [1.82, 2.24) is 4.31 Å². The highest BCUT2D eigenvalue weighted by Crippen LogP contribution is 2.27. The van der Waals surface area contributed by atoms with Crippen LogP contribution in [0.15, 0.2) is 40.6 Å². The van der Waals surface area contributed by atoms with Gasteiger partial charge in [0.25, 0.3) is 0 Å². The molecular formula is C15H20N2O2S2. The second-order valence-electron chi connectivity index (χ2n) is 5.15. The summed E-state index contributed by atoms with van der Waals surface area (Å²) in [6.07, 6.45) is 0. The summed E-state index contributed by atoms with van der Waals surface area (Å²) >= 11 is 1.70. The molecule has 2 rings (SSSR count). The van der Waals surface area contributed by atoms with Crippen molar-refractivity contribution in [2.45, 2.75) is 24.8 Å². The zero-order valence-electron chi connectivity index (χ0n) is 12.6. The van der Waals surface area contributed by atoms with E-state index >= 15 is 0 Å². The summed E-state index contributed by atoms with van der Waals surface area (Å²) in [6, 6.07) is 9.16. The van der Waals surface area contributed by atoms with E-state index in [1.165, 1.54) is 28.8 Å². The van der Waals surface area contributed by atoms with Crippen molar-refractivity contribution in [2.75, 3.05) is 19.4 Å². The largest absolute Gasteiger partial charge is 0.378 e. The van der Waals surface area contributed by atoms with Crippen LogP contribution >= 0.6 is 11.3 Å². The number of thiophene rings is 1. The molecule has 114 valence electrons. The first-order valence-corrected chi connectivity index (χ1v) is 8.97. The van der Waals surface area contributed by atoms with Gasteiger partial charge in [-0.3, -0.25) is 0 Å². The Morgan fingerprint density at radius 3 is 2.52 bits per heavy atom. The molecule has 0 amide bonds. The Labute approximate surface area is 130 Å². The molecule has 1 aromatic carbocycles. The number of aryl methyl sites for hydroxylation is 1. The van der Waals surface area contributed by atoms with E-state index in [9.17, 15) is 8.42 Å². The summed E-state index contributed by atoms with van der Waals surface area (Å²) in [5.41, 5.74) is 2.05. The molecular weight excluding hydrogens is 304 g/mol. The topological polar surface area (TPSA) is 49.4 Å². The highest BCUT2D eigenvalue weighted by molar-refractivity contribution is 7.89. The van der Waals surface area contributed by atoms with Crippen LogP contribution in [0.1, 0.15) is 23.4 Å². The molecule has 0 aliphatic heterocycles. The minimum absolute atomic E-state index is 0.141. The fourth-order valence-electron chi connectivity index (χ4n) is 2.10. The van der Waals surface area contributed by atoms with Gasteiger partial charge >= 0.3 is 0 Å². The summed E-state index contributed by atoms with van der Waals surface area (Å²) in [7, 11) is -0.332. The normalized spacial score (nSPS) is 13.4. The van der Waals surface area contributed by atoms with Crippen LogP contribution in [0.3, 0.4) is 0 Å². The van der Waals surface area contributed by atoms with Crippen LogP contribution in [0.5, 0.6) is 0 Å². The first-order valence-electron chi connectivity index (χ1n) is 6.65. The third-order valence-corrected chi connectivity index (χ3v) is 6.30. The van der Waals surface area contributed by atoms with Gasteiger partial charge in [-0.2, -0.15) is 0 Å². The molecule has 1 aromatic heterocycles. The van der Waals surface area contributed by atoms with E-state index in [-0.39, 0.29) is 6.04 Å². The molecule has 0 spiro atoms. The predicted molar refractivity (Wildman–Crippen MR) is 88.4 cm³/mol. The van der Waals surface area contributed by atoms with Crippen LogP contribution in [0.25, 0.3) is 0 Å². The van der Waals surface area contributed by atoms with E-state index in [1.54, 1.807) is 29.5 Å². The Balaban J connectivity index is 2.25. The minimum atomic E-state index is -3.40. The molecule has 1 unspecified atom stereocenters. The molecule has 4 nitrogen and oxygen atoms in total. The fourth-order valence-corrected chi connectivity index (χ4v) is 3.98. The maximum absolute atomic E-state index is 12.2. The summed E-state index contributed by atoms with van der Waals surface area (Å²) < 4.78 is 25.5. The number of hydrogen-bond acceptors (Lipinski definition) is 4. The SMILES string of the molecule is Cc1ccsc1C(C)Nc1cccc(S(=O)(=O)N(C)C)c1. The monoisotopic (exact) mass is 324 g/mol. The predicted octanol–water partition coefficient (Wildman–Crippen LogP) is 3.48. The van der Waals surface area contributed by atoms with Gasteiger partial charge in [-0.1, -0.05) is 6.07 Å². The molecule has 1 N–H and O–H groups in total. The molecule has 1 atom stereocenters. The van der Waals surface area contributed by atoms with Crippen molar-refractivity contribution in [3.05, 3.63) is 46.2 Å². The molecule has 21 heavy (non-hydrogen) atoms. The quantitative estimate of drug-likeness (QED) is 0.916. The first-order chi connectivity index (χ1) is 9.82. The van der Waals surface area contributed by atoms with E-state index in [0.29, 0.717) is 4.90 Å². The lowest BCUT2D eigenvalue weighted by molar-refractivity contribution is 0.521. The molecule has 0 aliphatic rings. The Bertz CT molecular complexity index is 721. The molecule has 6 heteroatoms.